The summed E-state index contributed by atoms with van der Waals surface area (Å²) in [6.07, 6.45) is 7.98. The largest absolute Gasteiger partial charge is 0.497 e. The van der Waals surface area contributed by atoms with E-state index in [0.717, 1.165) is 53.7 Å². The first-order valence-corrected chi connectivity index (χ1v) is 14.9. The fourth-order valence-electron chi connectivity index (χ4n) is 5.72. The molecule has 1 aliphatic carbocycles. The Kier molecular flexibility index (Phi) is 8.75. The molecule has 1 spiro atoms. The van der Waals surface area contributed by atoms with Crippen molar-refractivity contribution in [2.24, 2.45) is 5.10 Å². The van der Waals surface area contributed by atoms with Crippen molar-refractivity contribution >= 4 is 23.0 Å². The summed E-state index contributed by atoms with van der Waals surface area (Å²) in [7, 11) is 1.64. The van der Waals surface area contributed by atoms with E-state index in [0.29, 0.717) is 18.5 Å². The number of carbonyl (C=O) groups is 2. The van der Waals surface area contributed by atoms with Crippen molar-refractivity contribution in [3.63, 3.8) is 0 Å². The van der Waals surface area contributed by atoms with E-state index in [9.17, 15) is 9.59 Å². The summed E-state index contributed by atoms with van der Waals surface area (Å²) in [5.74, 6) is 1.36. The van der Waals surface area contributed by atoms with E-state index in [1.165, 1.54) is 24.8 Å². The lowest BCUT2D eigenvalue weighted by Crippen LogP contribution is -2.41. The summed E-state index contributed by atoms with van der Waals surface area (Å²) in [4.78, 5) is 24.3. The lowest BCUT2D eigenvalue weighted by Gasteiger charge is -2.41. The maximum atomic E-state index is 12.5. The van der Waals surface area contributed by atoms with Crippen molar-refractivity contribution in [1.29, 1.82) is 0 Å². The second-order valence-electron chi connectivity index (χ2n) is 12.2. The van der Waals surface area contributed by atoms with Gasteiger partial charge in [0.05, 0.1) is 7.11 Å². The third-order valence-electron chi connectivity index (χ3n) is 7.82. The number of alkyl carbamates (subject to hydrolysis) is 1. The van der Waals surface area contributed by atoms with E-state index in [4.69, 9.17) is 18.6 Å². The molecule has 9 heteroatoms. The Morgan fingerprint density at radius 3 is 2.50 bits per heavy atom. The van der Waals surface area contributed by atoms with E-state index >= 15 is 0 Å². The summed E-state index contributed by atoms with van der Waals surface area (Å²) < 4.78 is 23.4. The molecular weight excluding hydrogens is 534 g/mol. The van der Waals surface area contributed by atoms with Crippen LogP contribution in [0.4, 0.5) is 4.79 Å². The number of methoxy groups -OCH3 is 1. The SMILES string of the molecule is COc1ccc(-c2cc(=NNC(=O)CCCNC(=O)OC(C)(C)C)oc3cc4c(cc23)CCC2(CCCCC2)O4)cc1. The Bertz CT molecular complexity index is 1500. The van der Waals surface area contributed by atoms with E-state index in [1.54, 1.807) is 27.9 Å². The number of amides is 2. The van der Waals surface area contributed by atoms with Gasteiger partial charge in [0.2, 0.25) is 11.5 Å². The average Bonchev–Trinajstić information content (AvgIpc) is 2.96. The molecule has 2 heterocycles. The fourth-order valence-corrected chi connectivity index (χ4v) is 5.72. The second-order valence-corrected chi connectivity index (χ2v) is 12.2. The zero-order chi connectivity index (χ0) is 29.7. The highest BCUT2D eigenvalue weighted by Gasteiger charge is 2.37. The summed E-state index contributed by atoms with van der Waals surface area (Å²) in [6, 6.07) is 13.8. The topological polar surface area (TPSA) is 111 Å². The van der Waals surface area contributed by atoms with Gasteiger partial charge in [-0.3, -0.25) is 4.79 Å². The minimum atomic E-state index is -0.572. The van der Waals surface area contributed by atoms with Gasteiger partial charge >= 0.3 is 6.09 Å². The Morgan fingerprint density at radius 2 is 1.79 bits per heavy atom. The average molecular weight is 576 g/mol. The van der Waals surface area contributed by atoms with Crippen LogP contribution in [-0.2, 0) is 16.0 Å². The summed E-state index contributed by atoms with van der Waals surface area (Å²) in [6.45, 7) is 5.72. The molecule has 0 atom stereocenters. The lowest BCUT2D eigenvalue weighted by molar-refractivity contribution is -0.121. The lowest BCUT2D eigenvalue weighted by atomic mass is 9.79. The highest BCUT2D eigenvalue weighted by atomic mass is 16.6. The molecule has 1 aliphatic heterocycles. The van der Waals surface area contributed by atoms with Gasteiger partial charge in [-0.1, -0.05) is 18.6 Å². The number of carbonyl (C=O) groups excluding carboxylic acids is 2. The van der Waals surface area contributed by atoms with Gasteiger partial charge in [-0.2, -0.15) is 0 Å². The normalized spacial score (nSPS) is 16.4. The third-order valence-corrected chi connectivity index (χ3v) is 7.82. The molecule has 1 fully saturated rings. The van der Waals surface area contributed by atoms with Gasteiger partial charge in [0.25, 0.3) is 0 Å². The van der Waals surface area contributed by atoms with Gasteiger partial charge in [0.1, 0.15) is 28.3 Å². The number of nitrogens with zero attached hydrogens (tertiary/aromatic N) is 1. The molecule has 224 valence electrons. The van der Waals surface area contributed by atoms with Crippen molar-refractivity contribution in [2.75, 3.05) is 13.7 Å². The number of fused-ring (bicyclic) bond motifs is 2. The van der Waals surface area contributed by atoms with Crippen LogP contribution < -0.4 is 25.8 Å². The molecular formula is C33H41N3O6. The fraction of sp³-hybridized carbons (Fsp3) is 0.485. The number of nitrogens with one attached hydrogen (secondary N) is 2. The van der Waals surface area contributed by atoms with E-state index in [2.05, 4.69) is 21.9 Å². The number of rotatable bonds is 7. The first kappa shape index (κ1) is 29.5. The number of hydrogen-bond donors (Lipinski definition) is 2. The van der Waals surface area contributed by atoms with E-state index < -0.39 is 11.7 Å². The first-order valence-electron chi connectivity index (χ1n) is 14.9. The molecule has 42 heavy (non-hydrogen) atoms. The molecule has 0 radical (unpaired) electrons. The maximum Gasteiger partial charge on any atom is 0.407 e. The molecule has 2 aliphatic rings. The van der Waals surface area contributed by atoms with Crippen LogP contribution in [0.5, 0.6) is 11.5 Å². The molecule has 2 amide bonds. The third kappa shape index (κ3) is 7.24. The minimum Gasteiger partial charge on any atom is -0.497 e. The van der Waals surface area contributed by atoms with Crippen molar-refractivity contribution in [3.8, 4) is 22.6 Å². The van der Waals surface area contributed by atoms with Gasteiger partial charge in [0, 0.05) is 30.5 Å². The van der Waals surface area contributed by atoms with Crippen LogP contribution in [0.25, 0.3) is 22.1 Å². The molecule has 1 saturated carbocycles. The molecule has 2 N–H and O–H groups in total. The van der Waals surface area contributed by atoms with Crippen molar-refractivity contribution in [2.45, 2.75) is 89.8 Å². The van der Waals surface area contributed by atoms with Crippen LogP contribution >= 0.6 is 0 Å². The van der Waals surface area contributed by atoms with Crippen LogP contribution in [-0.4, -0.2) is 36.9 Å². The maximum absolute atomic E-state index is 12.5. The molecule has 9 nitrogen and oxygen atoms in total. The monoisotopic (exact) mass is 575 g/mol. The molecule has 3 aromatic rings. The summed E-state index contributed by atoms with van der Waals surface area (Å²) in [5, 5.41) is 7.91. The highest BCUT2D eigenvalue weighted by Crippen LogP contribution is 2.44. The summed E-state index contributed by atoms with van der Waals surface area (Å²) >= 11 is 0. The predicted molar refractivity (Wildman–Crippen MR) is 160 cm³/mol. The number of ether oxygens (including phenoxy) is 3. The highest BCUT2D eigenvalue weighted by molar-refractivity contribution is 5.94. The quantitative estimate of drug-likeness (QED) is 0.250. The van der Waals surface area contributed by atoms with Gasteiger partial charge in [-0.25, -0.2) is 10.2 Å². The van der Waals surface area contributed by atoms with Gasteiger partial charge < -0.3 is 23.9 Å². The van der Waals surface area contributed by atoms with Crippen LogP contribution in [0, 0.1) is 0 Å². The van der Waals surface area contributed by atoms with Crippen LogP contribution in [0.3, 0.4) is 0 Å². The van der Waals surface area contributed by atoms with E-state index in [1.807, 2.05) is 36.4 Å². The Hall–Kier alpha value is -4.01. The zero-order valence-electron chi connectivity index (χ0n) is 25.0. The van der Waals surface area contributed by atoms with Gasteiger partial charge in [0.15, 0.2) is 0 Å². The van der Waals surface area contributed by atoms with Crippen molar-refractivity contribution in [1.82, 2.24) is 10.7 Å². The van der Waals surface area contributed by atoms with E-state index in [-0.39, 0.29) is 23.5 Å². The smallest absolute Gasteiger partial charge is 0.407 e. The number of aryl methyl sites for hydroxylation is 1. The molecule has 0 unspecified atom stereocenters. The van der Waals surface area contributed by atoms with Gasteiger partial charge in [-0.15, -0.1) is 5.10 Å². The molecule has 1 aromatic heterocycles. The molecule has 5 rings (SSSR count). The predicted octanol–water partition coefficient (Wildman–Crippen LogP) is 6.37. The Balaban J connectivity index is 1.37. The van der Waals surface area contributed by atoms with Crippen LogP contribution in [0.1, 0.15) is 77.7 Å². The number of hydrogen-bond acceptors (Lipinski definition) is 7. The van der Waals surface area contributed by atoms with Crippen LogP contribution in [0.15, 0.2) is 52.0 Å². The van der Waals surface area contributed by atoms with Crippen LogP contribution in [0.2, 0.25) is 0 Å². The first-order chi connectivity index (χ1) is 20.1. The second kappa shape index (κ2) is 12.5. The van der Waals surface area contributed by atoms with Crippen molar-refractivity contribution < 1.29 is 28.2 Å². The molecule has 2 aromatic carbocycles. The molecule has 0 saturated heterocycles. The van der Waals surface area contributed by atoms with Gasteiger partial charge in [-0.05, 0) is 101 Å². The Labute approximate surface area is 246 Å². The standard InChI is InChI=1S/C33H41N3O6/c1-32(2,3)42-31(38)34-18-8-9-29(37)35-36-30-20-25(22-10-12-24(39-4)13-11-22)26-19-23-14-17-33(15-6-5-7-16-33)41-27(23)21-28(26)40-30/h10-13,19-21H,5-9,14-18H2,1-4H3,(H,34,38)(H,35,37). The molecule has 0 bridgehead atoms. The summed E-state index contributed by atoms with van der Waals surface area (Å²) in [5.41, 5.74) is 5.96. The van der Waals surface area contributed by atoms with Crippen molar-refractivity contribution in [3.05, 3.63) is 53.6 Å². The minimum absolute atomic E-state index is 0.0773. The zero-order valence-corrected chi connectivity index (χ0v) is 25.0. The Morgan fingerprint density at radius 1 is 1.02 bits per heavy atom. The number of benzene rings is 2.